The third-order valence-corrected chi connectivity index (χ3v) is 2.66. The molecular formula is C10H15N3O5. The molecular weight excluding hydrogens is 242 g/mol. The van der Waals surface area contributed by atoms with Crippen LogP contribution in [0.1, 0.15) is 19.3 Å². The van der Waals surface area contributed by atoms with Gasteiger partial charge in [0.2, 0.25) is 17.7 Å². The van der Waals surface area contributed by atoms with Crippen molar-refractivity contribution in [3.8, 4) is 0 Å². The zero-order valence-electron chi connectivity index (χ0n) is 9.64. The summed E-state index contributed by atoms with van der Waals surface area (Å²) in [6.07, 6.45) is 0.131. The highest BCUT2D eigenvalue weighted by Gasteiger charge is 2.29. The number of nitrogens with two attached hydrogens (primary N) is 1. The van der Waals surface area contributed by atoms with E-state index < -0.39 is 36.2 Å². The molecule has 1 fully saturated rings. The lowest BCUT2D eigenvalue weighted by Gasteiger charge is -2.23. The number of carboxylic acids is 1. The zero-order chi connectivity index (χ0) is 13.7. The van der Waals surface area contributed by atoms with Crippen LogP contribution < -0.4 is 16.4 Å². The zero-order valence-corrected chi connectivity index (χ0v) is 9.64. The van der Waals surface area contributed by atoms with E-state index in [2.05, 4.69) is 10.6 Å². The van der Waals surface area contributed by atoms with Crippen LogP contribution in [-0.2, 0) is 19.2 Å². The summed E-state index contributed by atoms with van der Waals surface area (Å²) >= 11 is 0. The van der Waals surface area contributed by atoms with E-state index in [1.165, 1.54) is 0 Å². The molecule has 0 radical (unpaired) electrons. The number of nitrogens with one attached hydrogen (secondary N) is 2. The molecule has 1 saturated heterocycles. The predicted molar refractivity (Wildman–Crippen MR) is 59.1 cm³/mol. The van der Waals surface area contributed by atoms with E-state index in [4.69, 9.17) is 10.8 Å². The van der Waals surface area contributed by atoms with E-state index in [0.29, 0.717) is 6.42 Å². The third kappa shape index (κ3) is 4.04. The number of carbonyl (C=O) groups excluding carboxylic acids is 3. The van der Waals surface area contributed by atoms with Gasteiger partial charge >= 0.3 is 5.97 Å². The fourth-order valence-electron chi connectivity index (χ4n) is 1.65. The number of piperidine rings is 1. The molecule has 1 heterocycles. The fourth-order valence-corrected chi connectivity index (χ4v) is 1.65. The van der Waals surface area contributed by atoms with Gasteiger partial charge in [0, 0.05) is 13.0 Å². The van der Waals surface area contributed by atoms with Gasteiger partial charge in [-0.2, -0.15) is 0 Å². The number of hydrogen-bond acceptors (Lipinski definition) is 4. The van der Waals surface area contributed by atoms with Crippen molar-refractivity contribution < 1.29 is 24.3 Å². The second-order valence-corrected chi connectivity index (χ2v) is 4.11. The first-order chi connectivity index (χ1) is 8.40. The summed E-state index contributed by atoms with van der Waals surface area (Å²) in [4.78, 5) is 44.1. The molecule has 0 spiro atoms. The lowest BCUT2D eigenvalue weighted by atomic mass is 9.98. The Morgan fingerprint density at radius 1 is 1.50 bits per heavy atom. The number of primary amides is 1. The van der Waals surface area contributed by atoms with Gasteiger partial charge in [-0.3, -0.25) is 14.4 Å². The van der Waals surface area contributed by atoms with Crippen LogP contribution in [-0.4, -0.2) is 41.4 Å². The van der Waals surface area contributed by atoms with Gasteiger partial charge in [0.25, 0.3) is 0 Å². The van der Waals surface area contributed by atoms with Crippen molar-refractivity contribution in [2.24, 2.45) is 11.7 Å². The van der Waals surface area contributed by atoms with Gasteiger partial charge in [-0.1, -0.05) is 0 Å². The Hall–Kier alpha value is -2.12. The van der Waals surface area contributed by atoms with Crippen molar-refractivity contribution in [2.75, 3.05) is 6.54 Å². The van der Waals surface area contributed by atoms with E-state index in [1.807, 2.05) is 0 Å². The molecule has 0 bridgehead atoms. The molecule has 1 rings (SSSR count). The average Bonchev–Trinajstić information content (AvgIpc) is 2.28. The maximum Gasteiger partial charge on any atom is 0.326 e. The Bertz CT molecular complexity index is 372. The van der Waals surface area contributed by atoms with Crippen LogP contribution in [0.5, 0.6) is 0 Å². The fraction of sp³-hybridized carbons (Fsp3) is 0.600. The van der Waals surface area contributed by atoms with Gasteiger partial charge in [-0.25, -0.2) is 4.79 Å². The van der Waals surface area contributed by atoms with Crippen molar-refractivity contribution in [1.29, 1.82) is 0 Å². The molecule has 2 atom stereocenters. The van der Waals surface area contributed by atoms with Crippen LogP contribution >= 0.6 is 0 Å². The van der Waals surface area contributed by atoms with Crippen LogP contribution in [0, 0.1) is 5.92 Å². The van der Waals surface area contributed by atoms with Crippen molar-refractivity contribution in [1.82, 2.24) is 10.6 Å². The summed E-state index contributed by atoms with van der Waals surface area (Å²) < 4.78 is 0. The molecule has 100 valence electrons. The third-order valence-electron chi connectivity index (χ3n) is 2.66. The number of hydrogen-bond donors (Lipinski definition) is 4. The summed E-state index contributed by atoms with van der Waals surface area (Å²) in [5, 5.41) is 13.6. The highest BCUT2D eigenvalue weighted by atomic mass is 16.4. The Kier molecular flexibility index (Phi) is 4.64. The first kappa shape index (κ1) is 13.9. The SMILES string of the molecule is NC(=O)CC(NC(=O)C1CCC(=O)NC1)C(=O)O. The lowest BCUT2D eigenvalue weighted by Crippen LogP contribution is -2.49. The Labute approximate surface area is 103 Å². The maximum absolute atomic E-state index is 11.7. The highest BCUT2D eigenvalue weighted by molar-refractivity contribution is 5.90. The standard InChI is InChI=1S/C10H15N3O5/c11-7(14)3-6(10(17)18)13-9(16)5-1-2-8(15)12-4-5/h5-6H,1-4H2,(H2,11,14)(H,12,15)(H,13,16)(H,17,18). The van der Waals surface area contributed by atoms with Crippen LogP contribution in [0.4, 0.5) is 0 Å². The summed E-state index contributed by atoms with van der Waals surface area (Å²) in [6, 6.07) is -1.33. The van der Waals surface area contributed by atoms with Gasteiger partial charge in [0.05, 0.1) is 12.3 Å². The molecule has 5 N–H and O–H groups in total. The van der Waals surface area contributed by atoms with Gasteiger partial charge in [-0.15, -0.1) is 0 Å². The first-order valence-electron chi connectivity index (χ1n) is 5.48. The summed E-state index contributed by atoms with van der Waals surface area (Å²) in [7, 11) is 0. The summed E-state index contributed by atoms with van der Waals surface area (Å²) in [6.45, 7) is 0.174. The number of carbonyl (C=O) groups is 4. The summed E-state index contributed by atoms with van der Waals surface area (Å²) in [5.41, 5.74) is 4.89. The van der Waals surface area contributed by atoms with E-state index in [1.54, 1.807) is 0 Å². The predicted octanol–water partition coefficient (Wildman–Crippen LogP) is -2.04. The molecule has 8 nitrogen and oxygen atoms in total. The minimum absolute atomic E-state index is 0.133. The molecule has 8 heteroatoms. The molecule has 2 unspecified atom stereocenters. The topological polar surface area (TPSA) is 139 Å². The maximum atomic E-state index is 11.7. The van der Waals surface area contributed by atoms with E-state index in [-0.39, 0.29) is 18.9 Å². The second-order valence-electron chi connectivity index (χ2n) is 4.11. The van der Waals surface area contributed by atoms with Gasteiger partial charge in [0.1, 0.15) is 6.04 Å². The normalized spacial score (nSPS) is 20.7. The molecule has 0 aliphatic carbocycles. The van der Waals surface area contributed by atoms with Crippen molar-refractivity contribution in [3.63, 3.8) is 0 Å². The average molecular weight is 257 g/mol. The Morgan fingerprint density at radius 2 is 2.17 bits per heavy atom. The molecule has 0 aromatic rings. The van der Waals surface area contributed by atoms with Crippen molar-refractivity contribution in [3.05, 3.63) is 0 Å². The lowest BCUT2D eigenvalue weighted by molar-refractivity contribution is -0.144. The van der Waals surface area contributed by atoms with Crippen LogP contribution in [0.15, 0.2) is 0 Å². The Balaban J connectivity index is 2.53. The Morgan fingerprint density at radius 3 is 2.61 bits per heavy atom. The molecule has 0 saturated carbocycles. The van der Waals surface area contributed by atoms with E-state index in [9.17, 15) is 19.2 Å². The van der Waals surface area contributed by atoms with Crippen LogP contribution in [0.25, 0.3) is 0 Å². The van der Waals surface area contributed by atoms with E-state index in [0.717, 1.165) is 0 Å². The first-order valence-corrected chi connectivity index (χ1v) is 5.48. The molecule has 1 aliphatic rings. The molecule has 3 amide bonds. The second kappa shape index (κ2) is 5.99. The highest BCUT2D eigenvalue weighted by Crippen LogP contribution is 2.11. The monoisotopic (exact) mass is 257 g/mol. The smallest absolute Gasteiger partial charge is 0.326 e. The molecule has 0 aromatic heterocycles. The minimum atomic E-state index is -1.33. The minimum Gasteiger partial charge on any atom is -0.480 e. The number of aliphatic carboxylic acids is 1. The van der Waals surface area contributed by atoms with Crippen LogP contribution in [0.3, 0.4) is 0 Å². The van der Waals surface area contributed by atoms with Gasteiger partial charge in [0.15, 0.2) is 0 Å². The number of amides is 3. The van der Waals surface area contributed by atoms with Crippen molar-refractivity contribution >= 4 is 23.7 Å². The molecule has 1 aliphatic heterocycles. The summed E-state index contributed by atoms with van der Waals surface area (Å²) in [5.74, 6) is -3.23. The van der Waals surface area contributed by atoms with E-state index >= 15 is 0 Å². The van der Waals surface area contributed by atoms with Gasteiger partial charge < -0.3 is 21.5 Å². The number of rotatable bonds is 5. The molecule has 0 aromatic carbocycles. The van der Waals surface area contributed by atoms with Crippen molar-refractivity contribution in [2.45, 2.75) is 25.3 Å². The quantitative estimate of drug-likeness (QED) is 0.449. The largest absolute Gasteiger partial charge is 0.480 e. The molecule has 18 heavy (non-hydrogen) atoms. The van der Waals surface area contributed by atoms with Crippen LogP contribution in [0.2, 0.25) is 0 Å². The van der Waals surface area contributed by atoms with Gasteiger partial charge in [-0.05, 0) is 6.42 Å². The number of carboxylic acid groups (broad SMARTS) is 1.